The molecule has 1 saturated heterocycles. The number of hydrogen-bond acceptors (Lipinski definition) is 3. The number of nitrogens with one attached hydrogen (secondary N) is 1. The van der Waals surface area contributed by atoms with Crippen LogP contribution in [0.2, 0.25) is 0 Å². The Kier molecular flexibility index (Phi) is 5.06. The summed E-state index contributed by atoms with van der Waals surface area (Å²) in [5, 5.41) is 3.43. The van der Waals surface area contributed by atoms with E-state index in [-0.39, 0.29) is 0 Å². The summed E-state index contributed by atoms with van der Waals surface area (Å²) in [6, 6.07) is 2.62. The molecule has 3 heteroatoms. The van der Waals surface area contributed by atoms with Gasteiger partial charge in [-0.25, -0.2) is 0 Å². The van der Waals surface area contributed by atoms with Crippen molar-refractivity contribution in [2.75, 3.05) is 13.1 Å². The molecule has 0 amide bonds. The third-order valence-corrected chi connectivity index (χ3v) is 4.15. The molecule has 2 heterocycles. The summed E-state index contributed by atoms with van der Waals surface area (Å²) < 4.78 is 5.61. The normalized spacial score (nSPS) is 20.8. The second-order valence-electron chi connectivity index (χ2n) is 6.43. The van der Waals surface area contributed by atoms with Crippen LogP contribution in [-0.2, 0) is 13.1 Å². The summed E-state index contributed by atoms with van der Waals surface area (Å²) in [5.41, 5.74) is 1.34. The van der Waals surface area contributed by atoms with Crippen LogP contribution < -0.4 is 5.32 Å². The second kappa shape index (κ2) is 6.58. The van der Waals surface area contributed by atoms with Crippen molar-refractivity contribution in [1.82, 2.24) is 10.2 Å². The summed E-state index contributed by atoms with van der Waals surface area (Å²) in [5.74, 6) is 2.77. The van der Waals surface area contributed by atoms with Gasteiger partial charge in [0.05, 0.1) is 12.8 Å². The van der Waals surface area contributed by atoms with E-state index < -0.39 is 0 Å². The van der Waals surface area contributed by atoms with Gasteiger partial charge in [-0.1, -0.05) is 27.7 Å². The van der Waals surface area contributed by atoms with Crippen molar-refractivity contribution in [2.24, 2.45) is 11.8 Å². The smallest absolute Gasteiger partial charge is 0.122 e. The molecule has 1 N–H and O–H groups in total. The maximum absolute atomic E-state index is 5.61. The van der Waals surface area contributed by atoms with E-state index in [1.165, 1.54) is 25.1 Å². The Balaban J connectivity index is 1.88. The first-order valence-corrected chi connectivity index (χ1v) is 7.57. The maximum Gasteiger partial charge on any atom is 0.122 e. The number of hydrogen-bond donors (Lipinski definition) is 1. The minimum absolute atomic E-state index is 0.495. The Hall–Kier alpha value is -0.800. The molecule has 0 aromatic carbocycles. The molecule has 0 spiro atoms. The fourth-order valence-electron chi connectivity index (χ4n) is 2.75. The van der Waals surface area contributed by atoms with E-state index in [4.69, 9.17) is 4.42 Å². The highest BCUT2D eigenvalue weighted by atomic mass is 16.3. The lowest BCUT2D eigenvalue weighted by Crippen LogP contribution is -2.24. The minimum Gasteiger partial charge on any atom is -0.468 e. The number of nitrogens with zero attached hydrogens (tertiary/aromatic N) is 1. The van der Waals surface area contributed by atoms with Gasteiger partial charge in [0.25, 0.3) is 0 Å². The van der Waals surface area contributed by atoms with Crippen molar-refractivity contribution in [2.45, 2.75) is 53.2 Å². The van der Waals surface area contributed by atoms with E-state index in [0.29, 0.717) is 6.04 Å². The molecular weight excluding hydrogens is 236 g/mol. The van der Waals surface area contributed by atoms with Crippen LogP contribution in [0, 0.1) is 11.8 Å². The number of likely N-dealkylation sites (tertiary alicyclic amines) is 1. The maximum atomic E-state index is 5.61. The summed E-state index contributed by atoms with van der Waals surface area (Å²) in [6.07, 6.45) is 3.16. The van der Waals surface area contributed by atoms with Crippen LogP contribution >= 0.6 is 0 Å². The first-order chi connectivity index (χ1) is 9.06. The zero-order valence-electron chi connectivity index (χ0n) is 12.8. The molecule has 1 aromatic rings. The number of rotatable bonds is 6. The molecule has 0 radical (unpaired) electrons. The molecule has 0 saturated carbocycles. The fraction of sp³-hybridized carbons (Fsp3) is 0.750. The van der Waals surface area contributed by atoms with Gasteiger partial charge in [-0.3, -0.25) is 4.90 Å². The largest absolute Gasteiger partial charge is 0.468 e. The summed E-state index contributed by atoms with van der Waals surface area (Å²) in [4.78, 5) is 2.56. The molecule has 2 rings (SSSR count). The first-order valence-electron chi connectivity index (χ1n) is 7.57. The van der Waals surface area contributed by atoms with Crippen LogP contribution in [0.25, 0.3) is 0 Å². The molecule has 0 aliphatic carbocycles. The SMILES string of the molecule is CC(C)NCc1occc1CN1CCC(C(C)C)C1. The molecule has 3 nitrogen and oxygen atoms in total. The van der Waals surface area contributed by atoms with E-state index in [2.05, 4.69) is 44.0 Å². The second-order valence-corrected chi connectivity index (χ2v) is 6.43. The van der Waals surface area contributed by atoms with Gasteiger partial charge in [0.2, 0.25) is 0 Å². The van der Waals surface area contributed by atoms with Crippen LogP contribution in [0.3, 0.4) is 0 Å². The number of furan rings is 1. The zero-order valence-corrected chi connectivity index (χ0v) is 12.8. The van der Waals surface area contributed by atoms with E-state index in [1.807, 2.05) is 6.26 Å². The predicted molar refractivity (Wildman–Crippen MR) is 78.9 cm³/mol. The molecule has 108 valence electrons. The van der Waals surface area contributed by atoms with Crippen molar-refractivity contribution in [1.29, 1.82) is 0 Å². The Morgan fingerprint density at radius 2 is 2.16 bits per heavy atom. The van der Waals surface area contributed by atoms with Gasteiger partial charge in [0, 0.05) is 24.7 Å². The zero-order chi connectivity index (χ0) is 13.8. The van der Waals surface area contributed by atoms with Crippen LogP contribution in [-0.4, -0.2) is 24.0 Å². The molecule has 1 aliphatic heterocycles. The monoisotopic (exact) mass is 264 g/mol. The quantitative estimate of drug-likeness (QED) is 0.855. The third kappa shape index (κ3) is 4.08. The highest BCUT2D eigenvalue weighted by Gasteiger charge is 2.25. The van der Waals surface area contributed by atoms with Gasteiger partial charge in [0.1, 0.15) is 5.76 Å². The summed E-state index contributed by atoms with van der Waals surface area (Å²) >= 11 is 0. The van der Waals surface area contributed by atoms with E-state index in [9.17, 15) is 0 Å². The minimum atomic E-state index is 0.495. The van der Waals surface area contributed by atoms with Crippen molar-refractivity contribution >= 4 is 0 Å². The van der Waals surface area contributed by atoms with Crippen molar-refractivity contribution < 1.29 is 4.42 Å². The lowest BCUT2D eigenvalue weighted by Gasteiger charge is -2.18. The lowest BCUT2D eigenvalue weighted by atomic mass is 9.95. The van der Waals surface area contributed by atoms with Gasteiger partial charge in [0.15, 0.2) is 0 Å². The molecule has 1 atom stereocenters. The molecule has 1 fully saturated rings. The van der Waals surface area contributed by atoms with Crippen molar-refractivity contribution in [3.05, 3.63) is 23.7 Å². The van der Waals surface area contributed by atoms with Gasteiger partial charge < -0.3 is 9.73 Å². The average molecular weight is 264 g/mol. The van der Waals surface area contributed by atoms with Gasteiger partial charge in [-0.2, -0.15) is 0 Å². The lowest BCUT2D eigenvalue weighted by molar-refractivity contribution is 0.293. The van der Waals surface area contributed by atoms with Crippen LogP contribution in [0.4, 0.5) is 0 Å². The van der Waals surface area contributed by atoms with E-state index >= 15 is 0 Å². The van der Waals surface area contributed by atoms with E-state index in [0.717, 1.165) is 30.7 Å². The first kappa shape index (κ1) is 14.6. The molecule has 19 heavy (non-hydrogen) atoms. The van der Waals surface area contributed by atoms with Crippen molar-refractivity contribution in [3.63, 3.8) is 0 Å². The molecule has 1 aromatic heterocycles. The highest BCUT2D eigenvalue weighted by Crippen LogP contribution is 2.25. The van der Waals surface area contributed by atoms with Crippen LogP contribution in [0.15, 0.2) is 16.7 Å². The summed E-state index contributed by atoms with van der Waals surface area (Å²) in [6.45, 7) is 13.3. The van der Waals surface area contributed by atoms with Crippen molar-refractivity contribution in [3.8, 4) is 0 Å². The molecule has 1 unspecified atom stereocenters. The van der Waals surface area contributed by atoms with Gasteiger partial charge >= 0.3 is 0 Å². The van der Waals surface area contributed by atoms with Gasteiger partial charge in [-0.05, 0) is 30.9 Å². The average Bonchev–Trinajstić information content (AvgIpc) is 2.96. The van der Waals surface area contributed by atoms with Crippen LogP contribution in [0.1, 0.15) is 45.4 Å². The molecule has 0 bridgehead atoms. The molecular formula is C16H28N2O. The Morgan fingerprint density at radius 3 is 2.79 bits per heavy atom. The standard InChI is InChI=1S/C16H28N2O/c1-12(2)14-5-7-18(10-14)11-15-6-8-19-16(15)9-17-13(3)4/h6,8,12-14,17H,5,7,9-11H2,1-4H3. The highest BCUT2D eigenvalue weighted by molar-refractivity contribution is 5.17. The topological polar surface area (TPSA) is 28.4 Å². The fourth-order valence-corrected chi connectivity index (χ4v) is 2.75. The van der Waals surface area contributed by atoms with Gasteiger partial charge in [-0.15, -0.1) is 0 Å². The Bertz CT molecular complexity index is 384. The molecule has 1 aliphatic rings. The Morgan fingerprint density at radius 1 is 1.37 bits per heavy atom. The predicted octanol–water partition coefficient (Wildman–Crippen LogP) is 3.26. The third-order valence-electron chi connectivity index (χ3n) is 4.15. The summed E-state index contributed by atoms with van der Waals surface area (Å²) in [7, 11) is 0. The van der Waals surface area contributed by atoms with E-state index in [1.54, 1.807) is 0 Å². The van der Waals surface area contributed by atoms with Crippen LogP contribution in [0.5, 0.6) is 0 Å². The Labute approximate surface area is 117 Å².